The van der Waals surface area contributed by atoms with Gasteiger partial charge in [0.2, 0.25) is 21.8 Å². The summed E-state index contributed by atoms with van der Waals surface area (Å²) in [5.41, 5.74) is 1.65. The average molecular weight is 591 g/mol. The van der Waals surface area contributed by atoms with E-state index in [9.17, 15) is 18.0 Å². The van der Waals surface area contributed by atoms with Crippen LogP contribution < -0.4 is 9.62 Å². The molecule has 0 saturated heterocycles. The Morgan fingerprint density at radius 1 is 0.897 bits per heavy atom. The average Bonchev–Trinajstić information content (AvgIpc) is 2.90. The van der Waals surface area contributed by atoms with E-state index in [1.807, 2.05) is 44.2 Å². The zero-order chi connectivity index (χ0) is 28.6. The summed E-state index contributed by atoms with van der Waals surface area (Å²) in [5, 5.41) is 3.66. The molecule has 2 amide bonds. The Morgan fingerprint density at radius 2 is 1.46 bits per heavy atom. The predicted octanol–water partition coefficient (Wildman–Crippen LogP) is 5.31. The zero-order valence-corrected chi connectivity index (χ0v) is 24.5. The van der Waals surface area contributed by atoms with Gasteiger partial charge in [-0.1, -0.05) is 84.7 Å². The van der Waals surface area contributed by atoms with Crippen molar-refractivity contribution >= 4 is 50.7 Å². The van der Waals surface area contributed by atoms with Gasteiger partial charge in [-0.3, -0.25) is 13.9 Å². The quantitative estimate of drug-likeness (QED) is 0.310. The summed E-state index contributed by atoms with van der Waals surface area (Å²) in [6.07, 6.45) is 1.95. The van der Waals surface area contributed by atoms with E-state index in [4.69, 9.17) is 23.2 Å². The summed E-state index contributed by atoms with van der Waals surface area (Å²) in [4.78, 5) is 29.1. The van der Waals surface area contributed by atoms with Gasteiger partial charge in [0, 0.05) is 34.6 Å². The van der Waals surface area contributed by atoms with E-state index < -0.39 is 28.5 Å². The van der Waals surface area contributed by atoms with Gasteiger partial charge in [-0.25, -0.2) is 8.42 Å². The lowest BCUT2D eigenvalue weighted by molar-refractivity contribution is -0.140. The van der Waals surface area contributed by atoms with E-state index in [1.165, 1.54) is 4.90 Å². The Morgan fingerprint density at radius 3 is 2.00 bits per heavy atom. The summed E-state index contributed by atoms with van der Waals surface area (Å²) >= 11 is 12.9. The maximum Gasteiger partial charge on any atom is 0.244 e. The van der Waals surface area contributed by atoms with Crippen LogP contribution in [0.2, 0.25) is 10.0 Å². The second kappa shape index (κ2) is 13.8. The van der Waals surface area contributed by atoms with Crippen LogP contribution in [0.5, 0.6) is 0 Å². The number of benzene rings is 3. The number of halogens is 2. The lowest BCUT2D eigenvalue weighted by Crippen LogP contribution is -2.54. The van der Waals surface area contributed by atoms with E-state index in [2.05, 4.69) is 5.32 Å². The van der Waals surface area contributed by atoms with Crippen molar-refractivity contribution in [1.82, 2.24) is 10.2 Å². The fourth-order valence-electron chi connectivity index (χ4n) is 4.06. The molecule has 3 aromatic rings. The van der Waals surface area contributed by atoms with Crippen molar-refractivity contribution < 1.29 is 18.0 Å². The number of carbonyl (C=O) groups excluding carboxylic acids is 2. The van der Waals surface area contributed by atoms with Crippen LogP contribution in [0.1, 0.15) is 31.4 Å². The molecule has 208 valence electrons. The van der Waals surface area contributed by atoms with Crippen molar-refractivity contribution in [2.24, 2.45) is 0 Å². The highest BCUT2D eigenvalue weighted by Gasteiger charge is 2.34. The molecule has 0 unspecified atom stereocenters. The van der Waals surface area contributed by atoms with Crippen LogP contribution in [0.25, 0.3) is 0 Å². The van der Waals surface area contributed by atoms with Crippen LogP contribution in [-0.2, 0) is 32.6 Å². The first-order valence-corrected chi connectivity index (χ1v) is 15.2. The van der Waals surface area contributed by atoms with E-state index in [1.54, 1.807) is 48.5 Å². The van der Waals surface area contributed by atoms with Gasteiger partial charge in [0.15, 0.2) is 0 Å². The maximum atomic E-state index is 14.0. The zero-order valence-electron chi connectivity index (χ0n) is 22.2. The molecule has 3 aromatic carbocycles. The SMILES string of the molecule is CC[C@H](C)NC(=O)[C@@H](Cc1ccccc1)N(Cc1c(Cl)cccc1Cl)C(=O)CN(c1ccccc1)S(C)(=O)=O. The fraction of sp³-hybridized carbons (Fsp3) is 0.310. The number of sulfonamides is 1. The molecule has 0 aliphatic rings. The van der Waals surface area contributed by atoms with Crippen molar-refractivity contribution in [3.63, 3.8) is 0 Å². The van der Waals surface area contributed by atoms with E-state index >= 15 is 0 Å². The van der Waals surface area contributed by atoms with E-state index in [-0.39, 0.29) is 24.9 Å². The van der Waals surface area contributed by atoms with Gasteiger partial charge in [-0.2, -0.15) is 0 Å². The van der Waals surface area contributed by atoms with E-state index in [0.717, 1.165) is 16.1 Å². The molecule has 7 nitrogen and oxygen atoms in total. The molecule has 3 rings (SSSR count). The molecule has 0 spiro atoms. The van der Waals surface area contributed by atoms with Crippen molar-refractivity contribution in [3.05, 3.63) is 100 Å². The molecule has 2 atom stereocenters. The molecule has 1 N–H and O–H groups in total. The monoisotopic (exact) mass is 589 g/mol. The first-order chi connectivity index (χ1) is 18.5. The molecule has 0 aliphatic heterocycles. The summed E-state index contributed by atoms with van der Waals surface area (Å²) in [5.74, 6) is -0.921. The molecule has 0 radical (unpaired) electrons. The standard InChI is InChI=1S/C29H33Cl2N3O4S/c1-4-21(2)32-29(36)27(18-22-12-7-5-8-13-22)33(19-24-25(30)16-11-17-26(24)31)28(35)20-34(39(3,37)38)23-14-9-6-10-15-23/h5-17,21,27H,4,18-20H2,1-3H3,(H,32,36)/t21-,27+/m0/s1. The molecular formula is C29H33Cl2N3O4S. The largest absolute Gasteiger partial charge is 0.352 e. The molecule has 10 heteroatoms. The van der Waals surface area contributed by atoms with Crippen molar-refractivity contribution in [2.45, 2.75) is 45.3 Å². The molecule has 0 aromatic heterocycles. The van der Waals surface area contributed by atoms with Gasteiger partial charge in [-0.05, 0) is 43.2 Å². The molecule has 0 bridgehead atoms. The molecular weight excluding hydrogens is 557 g/mol. The van der Waals surface area contributed by atoms with Crippen LogP contribution in [0, 0.1) is 0 Å². The number of rotatable bonds is 12. The molecule has 0 aliphatic carbocycles. The van der Waals surface area contributed by atoms with Gasteiger partial charge in [0.05, 0.1) is 11.9 Å². The van der Waals surface area contributed by atoms with Crippen LogP contribution in [0.15, 0.2) is 78.9 Å². The Hall–Kier alpha value is -3.07. The van der Waals surface area contributed by atoms with Crippen molar-refractivity contribution in [3.8, 4) is 0 Å². The second-order valence-corrected chi connectivity index (χ2v) is 12.1. The third-order valence-electron chi connectivity index (χ3n) is 6.39. The number of anilines is 1. The summed E-state index contributed by atoms with van der Waals surface area (Å²) in [6, 6.07) is 21.6. The van der Waals surface area contributed by atoms with Crippen LogP contribution >= 0.6 is 23.2 Å². The minimum atomic E-state index is -3.83. The number of amides is 2. The first-order valence-electron chi connectivity index (χ1n) is 12.6. The molecule has 0 saturated carbocycles. The van der Waals surface area contributed by atoms with Gasteiger partial charge >= 0.3 is 0 Å². The second-order valence-electron chi connectivity index (χ2n) is 9.35. The predicted molar refractivity (Wildman–Crippen MR) is 157 cm³/mol. The van der Waals surface area contributed by atoms with Crippen molar-refractivity contribution in [2.75, 3.05) is 17.1 Å². The van der Waals surface area contributed by atoms with Crippen LogP contribution in [-0.4, -0.2) is 50.0 Å². The summed E-state index contributed by atoms with van der Waals surface area (Å²) in [6.45, 7) is 3.24. The number of hydrogen-bond donors (Lipinski definition) is 1. The topological polar surface area (TPSA) is 86.8 Å². The normalized spacial score (nSPS) is 12.8. The first kappa shape index (κ1) is 30.5. The highest BCUT2D eigenvalue weighted by atomic mass is 35.5. The lowest BCUT2D eigenvalue weighted by atomic mass is 10.0. The Kier molecular flexibility index (Phi) is 10.8. The summed E-state index contributed by atoms with van der Waals surface area (Å²) < 4.78 is 26.6. The number of nitrogens with one attached hydrogen (secondary N) is 1. The van der Waals surface area contributed by atoms with Crippen LogP contribution in [0.4, 0.5) is 5.69 Å². The van der Waals surface area contributed by atoms with E-state index in [0.29, 0.717) is 27.7 Å². The lowest BCUT2D eigenvalue weighted by Gasteiger charge is -2.34. The molecule has 0 heterocycles. The van der Waals surface area contributed by atoms with Gasteiger partial charge in [0.25, 0.3) is 0 Å². The number of nitrogens with zero attached hydrogens (tertiary/aromatic N) is 2. The van der Waals surface area contributed by atoms with Gasteiger partial charge in [-0.15, -0.1) is 0 Å². The number of hydrogen-bond acceptors (Lipinski definition) is 4. The third kappa shape index (κ3) is 8.46. The molecule has 39 heavy (non-hydrogen) atoms. The molecule has 0 fully saturated rings. The Bertz CT molecular complexity index is 1350. The number of para-hydroxylation sites is 1. The maximum absolute atomic E-state index is 14.0. The highest BCUT2D eigenvalue weighted by Crippen LogP contribution is 2.28. The third-order valence-corrected chi connectivity index (χ3v) is 8.23. The van der Waals surface area contributed by atoms with Gasteiger partial charge in [0.1, 0.15) is 12.6 Å². The number of carbonyl (C=O) groups is 2. The Balaban J connectivity index is 2.09. The smallest absolute Gasteiger partial charge is 0.244 e. The minimum absolute atomic E-state index is 0.0881. The minimum Gasteiger partial charge on any atom is -0.352 e. The van der Waals surface area contributed by atoms with Crippen molar-refractivity contribution in [1.29, 1.82) is 0 Å². The highest BCUT2D eigenvalue weighted by molar-refractivity contribution is 7.92. The van der Waals surface area contributed by atoms with Crippen LogP contribution in [0.3, 0.4) is 0 Å². The van der Waals surface area contributed by atoms with Gasteiger partial charge < -0.3 is 10.2 Å². The fourth-order valence-corrected chi connectivity index (χ4v) is 5.42. The summed E-state index contributed by atoms with van der Waals surface area (Å²) in [7, 11) is -3.83. The Labute approximate surface area is 240 Å².